The van der Waals surface area contributed by atoms with Gasteiger partial charge in [-0.2, -0.15) is 5.26 Å². The highest BCUT2D eigenvalue weighted by Crippen LogP contribution is 2.29. The molecule has 1 aromatic heterocycles. The highest BCUT2D eigenvalue weighted by atomic mass is 32.2. The molecule has 0 spiro atoms. The van der Waals surface area contributed by atoms with Crippen LogP contribution in [0.1, 0.15) is 36.5 Å². The zero-order chi connectivity index (χ0) is 18.0. The average Bonchev–Trinajstić information content (AvgIpc) is 3.06. The van der Waals surface area contributed by atoms with Crippen molar-refractivity contribution in [2.24, 2.45) is 0 Å². The fourth-order valence-corrected chi connectivity index (χ4v) is 4.37. The van der Waals surface area contributed by atoms with Crippen LogP contribution < -0.4 is 0 Å². The molecule has 0 radical (unpaired) electrons. The Morgan fingerprint density at radius 3 is 2.44 bits per heavy atom. The summed E-state index contributed by atoms with van der Waals surface area (Å²) in [5, 5.41) is 10.0. The SMILES string of the molecule is CCCCc1ccc(C#N)c2ccn(S(=O)(=O)c3ccc(C)cc3)c12. The van der Waals surface area contributed by atoms with Gasteiger partial charge in [0, 0.05) is 11.6 Å². The minimum absolute atomic E-state index is 0.249. The van der Waals surface area contributed by atoms with E-state index in [0.717, 1.165) is 30.4 Å². The molecule has 0 saturated heterocycles. The molecule has 4 nitrogen and oxygen atoms in total. The number of aromatic nitrogens is 1. The first-order valence-electron chi connectivity index (χ1n) is 8.34. The molecule has 0 bridgehead atoms. The van der Waals surface area contributed by atoms with Gasteiger partial charge in [-0.1, -0.05) is 37.1 Å². The third-order valence-corrected chi connectivity index (χ3v) is 6.09. The van der Waals surface area contributed by atoms with Crippen molar-refractivity contribution in [3.8, 4) is 6.07 Å². The van der Waals surface area contributed by atoms with Gasteiger partial charge in [-0.05, 0) is 49.6 Å². The summed E-state index contributed by atoms with van der Waals surface area (Å²) in [5.74, 6) is 0. The molecular weight excluding hydrogens is 332 g/mol. The van der Waals surface area contributed by atoms with Crippen LogP contribution in [0.15, 0.2) is 53.6 Å². The molecule has 0 amide bonds. The largest absolute Gasteiger partial charge is 0.268 e. The first-order chi connectivity index (χ1) is 12.0. The molecule has 0 saturated carbocycles. The zero-order valence-corrected chi connectivity index (χ0v) is 15.2. The van der Waals surface area contributed by atoms with E-state index < -0.39 is 10.0 Å². The number of benzene rings is 2. The van der Waals surface area contributed by atoms with Gasteiger partial charge >= 0.3 is 0 Å². The molecule has 0 aliphatic rings. The molecule has 5 heteroatoms. The summed E-state index contributed by atoms with van der Waals surface area (Å²) in [6, 6.07) is 14.3. The van der Waals surface area contributed by atoms with Gasteiger partial charge in [-0.3, -0.25) is 0 Å². The van der Waals surface area contributed by atoms with Crippen molar-refractivity contribution >= 4 is 20.9 Å². The van der Waals surface area contributed by atoms with Crippen molar-refractivity contribution in [1.29, 1.82) is 5.26 Å². The number of rotatable bonds is 5. The predicted octanol–water partition coefficient (Wildman–Crippen LogP) is 4.40. The number of hydrogen-bond acceptors (Lipinski definition) is 3. The minimum atomic E-state index is -3.70. The van der Waals surface area contributed by atoms with Crippen LogP contribution in [0.5, 0.6) is 0 Å². The summed E-state index contributed by atoms with van der Waals surface area (Å²) < 4.78 is 27.6. The third-order valence-electron chi connectivity index (χ3n) is 4.40. The van der Waals surface area contributed by atoms with Crippen LogP contribution in [-0.4, -0.2) is 12.4 Å². The standard InChI is InChI=1S/C20H20N2O2S/c1-3-4-5-16-8-9-17(14-21)19-12-13-22(20(16)19)25(23,24)18-10-6-15(2)7-11-18/h6-13H,3-5H2,1-2H3. The van der Waals surface area contributed by atoms with Crippen LogP contribution in [0.4, 0.5) is 0 Å². The van der Waals surface area contributed by atoms with Crippen LogP contribution in [-0.2, 0) is 16.4 Å². The number of nitriles is 1. The Morgan fingerprint density at radius 1 is 1.08 bits per heavy atom. The molecule has 1 heterocycles. The Balaban J connectivity index is 2.25. The number of aryl methyl sites for hydroxylation is 2. The zero-order valence-electron chi connectivity index (χ0n) is 14.4. The maximum Gasteiger partial charge on any atom is 0.268 e. The Kier molecular flexibility index (Phi) is 4.65. The molecule has 3 rings (SSSR count). The van der Waals surface area contributed by atoms with Crippen molar-refractivity contribution in [2.45, 2.75) is 38.0 Å². The van der Waals surface area contributed by atoms with Gasteiger partial charge in [0.2, 0.25) is 0 Å². The van der Waals surface area contributed by atoms with Crippen molar-refractivity contribution in [1.82, 2.24) is 3.97 Å². The first-order valence-corrected chi connectivity index (χ1v) is 9.78. The van der Waals surface area contributed by atoms with Gasteiger partial charge in [-0.25, -0.2) is 12.4 Å². The summed E-state index contributed by atoms with van der Waals surface area (Å²) in [4.78, 5) is 0.249. The van der Waals surface area contributed by atoms with Crippen LogP contribution >= 0.6 is 0 Å². The molecular formula is C20H20N2O2S. The lowest BCUT2D eigenvalue weighted by Crippen LogP contribution is -2.13. The number of unbranched alkanes of at least 4 members (excludes halogenated alkanes) is 1. The lowest BCUT2D eigenvalue weighted by atomic mass is 10.0. The summed E-state index contributed by atoms with van der Waals surface area (Å²) in [6.07, 6.45) is 4.33. The van der Waals surface area contributed by atoms with Gasteiger partial charge < -0.3 is 0 Å². The molecule has 3 aromatic rings. The quantitative estimate of drug-likeness (QED) is 0.683. The number of nitrogens with zero attached hydrogens (tertiary/aromatic N) is 2. The highest BCUT2D eigenvalue weighted by Gasteiger charge is 2.21. The minimum Gasteiger partial charge on any atom is -0.241 e. The van der Waals surface area contributed by atoms with Crippen molar-refractivity contribution < 1.29 is 8.42 Å². The monoisotopic (exact) mass is 352 g/mol. The molecule has 25 heavy (non-hydrogen) atoms. The van der Waals surface area contributed by atoms with Crippen molar-refractivity contribution in [2.75, 3.05) is 0 Å². The Labute approximate surface area is 148 Å². The summed E-state index contributed by atoms with van der Waals surface area (Å²) in [6.45, 7) is 4.02. The lowest BCUT2D eigenvalue weighted by molar-refractivity contribution is 0.589. The normalized spacial score (nSPS) is 11.6. The molecule has 0 atom stereocenters. The smallest absolute Gasteiger partial charge is 0.241 e. The van der Waals surface area contributed by atoms with E-state index in [-0.39, 0.29) is 4.90 Å². The third kappa shape index (κ3) is 3.06. The van der Waals surface area contributed by atoms with Gasteiger partial charge in [-0.15, -0.1) is 0 Å². The van der Waals surface area contributed by atoms with E-state index in [4.69, 9.17) is 0 Å². The fourth-order valence-electron chi connectivity index (χ4n) is 2.99. The van der Waals surface area contributed by atoms with Gasteiger partial charge in [0.1, 0.15) is 0 Å². The molecule has 0 aliphatic heterocycles. The van der Waals surface area contributed by atoms with Gasteiger partial charge in [0.15, 0.2) is 0 Å². The molecule has 0 fully saturated rings. The number of hydrogen-bond donors (Lipinski definition) is 0. The van der Waals surface area contributed by atoms with E-state index in [2.05, 4.69) is 13.0 Å². The molecule has 128 valence electrons. The van der Waals surface area contributed by atoms with E-state index in [9.17, 15) is 13.7 Å². The Bertz CT molecular complexity index is 1060. The highest BCUT2D eigenvalue weighted by molar-refractivity contribution is 7.90. The molecule has 0 N–H and O–H groups in total. The fraction of sp³-hybridized carbons (Fsp3) is 0.250. The summed E-state index contributed by atoms with van der Waals surface area (Å²) >= 11 is 0. The van der Waals surface area contributed by atoms with E-state index >= 15 is 0 Å². The summed E-state index contributed by atoms with van der Waals surface area (Å²) in [7, 11) is -3.70. The average molecular weight is 352 g/mol. The van der Waals surface area contributed by atoms with Gasteiger partial charge in [0.05, 0.1) is 22.0 Å². The van der Waals surface area contributed by atoms with E-state index in [1.165, 1.54) is 3.97 Å². The van der Waals surface area contributed by atoms with Crippen LogP contribution in [0, 0.1) is 18.3 Å². The van der Waals surface area contributed by atoms with Crippen molar-refractivity contribution in [3.05, 3.63) is 65.4 Å². The predicted molar refractivity (Wildman–Crippen MR) is 99.0 cm³/mol. The molecule has 0 aliphatic carbocycles. The van der Waals surface area contributed by atoms with Crippen LogP contribution in [0.25, 0.3) is 10.9 Å². The molecule has 0 unspecified atom stereocenters. The Morgan fingerprint density at radius 2 is 1.80 bits per heavy atom. The Hall–Kier alpha value is -2.58. The molecule has 2 aromatic carbocycles. The van der Waals surface area contributed by atoms with Crippen molar-refractivity contribution in [3.63, 3.8) is 0 Å². The second kappa shape index (κ2) is 6.73. The first kappa shape index (κ1) is 17.2. The second-order valence-electron chi connectivity index (χ2n) is 6.18. The van der Waals surface area contributed by atoms with E-state index in [1.807, 2.05) is 13.0 Å². The maximum atomic E-state index is 13.1. The van der Waals surface area contributed by atoms with Crippen LogP contribution in [0.3, 0.4) is 0 Å². The summed E-state index contributed by atoms with van der Waals surface area (Å²) in [5.41, 5.74) is 3.07. The topological polar surface area (TPSA) is 62.9 Å². The van der Waals surface area contributed by atoms with Crippen LogP contribution in [0.2, 0.25) is 0 Å². The maximum absolute atomic E-state index is 13.1. The van der Waals surface area contributed by atoms with Gasteiger partial charge in [0.25, 0.3) is 10.0 Å². The van der Waals surface area contributed by atoms with E-state index in [1.54, 1.807) is 42.6 Å². The second-order valence-corrected chi connectivity index (χ2v) is 7.99. The van der Waals surface area contributed by atoms with E-state index in [0.29, 0.717) is 16.5 Å². The number of fused-ring (bicyclic) bond motifs is 1. The lowest BCUT2D eigenvalue weighted by Gasteiger charge is -2.12.